The average molecular weight is 789 g/mol. The van der Waals surface area contributed by atoms with Crippen LogP contribution in [0.25, 0.3) is 120 Å². The number of fused-ring (bicyclic) bond motifs is 12. The van der Waals surface area contributed by atoms with E-state index in [4.69, 9.17) is 0 Å². The number of hydrogen-bond acceptors (Lipinski definition) is 0. The molecule has 0 heterocycles. The molecule has 62 heavy (non-hydrogen) atoms. The van der Waals surface area contributed by atoms with Gasteiger partial charge in [-0.15, -0.1) is 0 Å². The summed E-state index contributed by atoms with van der Waals surface area (Å²) in [5.41, 5.74) is 12.1. The van der Waals surface area contributed by atoms with Crippen LogP contribution >= 0.6 is 0 Å². The summed E-state index contributed by atoms with van der Waals surface area (Å²) >= 11 is 0. The molecular weight excluding hydrogens is 745 g/mol. The van der Waals surface area contributed by atoms with Crippen LogP contribution < -0.4 is 0 Å². The second kappa shape index (κ2) is 15.7. The van der Waals surface area contributed by atoms with E-state index in [0.29, 0.717) is 0 Å². The van der Waals surface area contributed by atoms with Gasteiger partial charge < -0.3 is 0 Å². The largest absolute Gasteiger partial charge is 0.0683 e. The van der Waals surface area contributed by atoms with Crippen molar-refractivity contribution >= 4 is 64.6 Å². The lowest BCUT2D eigenvalue weighted by Gasteiger charge is -2.13. The van der Waals surface area contributed by atoms with Gasteiger partial charge in [0.2, 0.25) is 0 Å². The van der Waals surface area contributed by atoms with Gasteiger partial charge in [-0.3, -0.25) is 0 Å². The lowest BCUT2D eigenvalue weighted by Crippen LogP contribution is -1.87. The first-order chi connectivity index (χ1) is 30.7. The van der Waals surface area contributed by atoms with Gasteiger partial charge in [0.25, 0.3) is 0 Å². The first kappa shape index (κ1) is 37.2. The van der Waals surface area contributed by atoms with Crippen LogP contribution in [0.3, 0.4) is 0 Å². The smallest absolute Gasteiger partial charge is 0.00928 e. The van der Waals surface area contributed by atoms with Gasteiger partial charge in [0.1, 0.15) is 0 Å². The summed E-state index contributed by atoms with van der Waals surface area (Å²) in [6.07, 6.45) is 0. The molecule has 0 amide bonds. The molecule has 0 aliphatic carbocycles. The van der Waals surface area contributed by atoms with Gasteiger partial charge in [0.15, 0.2) is 0 Å². The monoisotopic (exact) mass is 788 g/mol. The van der Waals surface area contributed by atoms with Crippen LogP contribution in [0.2, 0.25) is 0 Å². The molecule has 0 atom stereocenters. The number of hydrogen-bond donors (Lipinski definition) is 0. The van der Waals surface area contributed by atoms with Gasteiger partial charge in [-0.25, -0.2) is 0 Å². The summed E-state index contributed by atoms with van der Waals surface area (Å²) in [5.74, 6) is 0. The molecule has 292 valence electrons. The normalized spacial score (nSPS) is 11.4. The summed E-state index contributed by atoms with van der Waals surface area (Å²) < 4.78 is 0. The molecule has 0 saturated carbocycles. The summed E-state index contributed by atoms with van der Waals surface area (Å²) in [4.78, 5) is 0. The lowest BCUT2D eigenvalue weighted by molar-refractivity contribution is 1.50. The van der Waals surface area contributed by atoms with Crippen LogP contribution in [-0.4, -0.2) is 0 Å². The summed E-state index contributed by atoms with van der Waals surface area (Å²) in [6.45, 7) is 4.00. The zero-order chi connectivity index (χ0) is 41.6. The summed E-state index contributed by atoms with van der Waals surface area (Å²) in [5, 5.41) is 15.6. The highest BCUT2D eigenvalue weighted by atomic mass is 14.2. The summed E-state index contributed by atoms with van der Waals surface area (Å²) in [6, 6.07) is 85.0. The molecule has 0 N–H and O–H groups in total. The highest BCUT2D eigenvalue weighted by Crippen LogP contribution is 2.40. The molecule has 0 nitrogen and oxygen atoms in total. The minimum absolute atomic E-state index is 1.20. The maximum absolute atomic E-state index is 2.38. The molecule has 0 radical (unpaired) electrons. The Kier molecular flexibility index (Phi) is 9.40. The van der Waals surface area contributed by atoms with E-state index in [1.54, 1.807) is 0 Å². The second-order valence-electron chi connectivity index (χ2n) is 16.0. The molecule has 0 aliphatic rings. The molecule has 0 aliphatic heterocycles. The minimum Gasteiger partial charge on any atom is -0.0683 e. The van der Waals surface area contributed by atoms with E-state index >= 15 is 0 Å². The van der Waals surface area contributed by atoms with Gasteiger partial charge in [-0.2, -0.15) is 0 Å². The predicted molar refractivity (Wildman–Crippen MR) is 270 cm³/mol. The fourth-order valence-electron chi connectivity index (χ4n) is 9.69. The molecule has 0 unspecified atom stereocenters. The molecule has 0 aromatic heterocycles. The Balaban J connectivity index is 0.00000213. The molecule has 12 aromatic carbocycles. The molecule has 0 saturated heterocycles. The second-order valence-corrected chi connectivity index (χ2v) is 16.0. The SMILES string of the molecule is CC.c1cc(-c2cccc(-c3cccc(-c4ccc5c6ccccc6c6ccccc6c5c4)c3)c2)cc(-c2cccc(-c3ccc4c5ccccc5c5ccccc5c4c3)c2)c1. The molecule has 0 fully saturated rings. The third-order valence-corrected chi connectivity index (χ3v) is 12.6. The molecule has 12 rings (SSSR count). The van der Waals surface area contributed by atoms with Crippen LogP contribution in [0.4, 0.5) is 0 Å². The standard InChI is InChI=1S/C60H38.C2H6/c1-3-25-53-49(21-1)51-23-5-7-27-55(51)59-37-47(29-31-57(53)59)45-19-11-17-43(35-45)41-15-9-13-39(33-41)40-14-10-16-42(34-40)44-18-12-20-46(36-44)48-30-32-58-54-26-4-2-22-50(54)52-24-6-8-28-56(52)60(58)38-48;1-2/h1-38H;1-2H3. The third-order valence-electron chi connectivity index (χ3n) is 12.6. The Labute approximate surface area is 363 Å². The van der Waals surface area contributed by atoms with E-state index in [9.17, 15) is 0 Å². The lowest BCUT2D eigenvalue weighted by atomic mass is 9.91. The van der Waals surface area contributed by atoms with Crippen LogP contribution in [0, 0.1) is 0 Å². The van der Waals surface area contributed by atoms with Crippen molar-refractivity contribution in [3.63, 3.8) is 0 Å². The molecule has 0 bridgehead atoms. The van der Waals surface area contributed by atoms with Crippen molar-refractivity contribution < 1.29 is 0 Å². The van der Waals surface area contributed by atoms with Crippen molar-refractivity contribution in [1.82, 2.24) is 0 Å². The Hall–Kier alpha value is -7.80. The Morgan fingerprint density at radius 2 is 0.323 bits per heavy atom. The van der Waals surface area contributed by atoms with Crippen LogP contribution in [-0.2, 0) is 0 Å². The van der Waals surface area contributed by atoms with Crippen LogP contribution in [0.15, 0.2) is 231 Å². The fraction of sp³-hybridized carbons (Fsp3) is 0.0323. The van der Waals surface area contributed by atoms with Gasteiger partial charge >= 0.3 is 0 Å². The quantitative estimate of drug-likeness (QED) is 0.152. The van der Waals surface area contributed by atoms with Crippen molar-refractivity contribution in [1.29, 1.82) is 0 Å². The maximum atomic E-state index is 2.38. The first-order valence-electron chi connectivity index (χ1n) is 21.8. The molecule has 0 heteroatoms. The van der Waals surface area contributed by atoms with Crippen LogP contribution in [0.1, 0.15) is 13.8 Å². The minimum atomic E-state index is 1.20. The van der Waals surface area contributed by atoms with E-state index < -0.39 is 0 Å². The van der Waals surface area contributed by atoms with Crippen LogP contribution in [0.5, 0.6) is 0 Å². The predicted octanol–water partition coefficient (Wildman–Crippen LogP) is 18.0. The van der Waals surface area contributed by atoms with E-state index in [-0.39, 0.29) is 0 Å². The number of benzene rings is 12. The molecule has 0 spiro atoms. The summed E-state index contributed by atoms with van der Waals surface area (Å²) in [7, 11) is 0. The van der Waals surface area contributed by atoms with Gasteiger partial charge in [0, 0.05) is 0 Å². The van der Waals surface area contributed by atoms with Crippen molar-refractivity contribution in [2.24, 2.45) is 0 Å². The highest BCUT2D eigenvalue weighted by Gasteiger charge is 2.13. The van der Waals surface area contributed by atoms with Crippen molar-refractivity contribution in [2.45, 2.75) is 13.8 Å². The van der Waals surface area contributed by atoms with Crippen molar-refractivity contribution in [3.8, 4) is 55.6 Å². The third kappa shape index (κ3) is 6.40. The van der Waals surface area contributed by atoms with E-state index in [2.05, 4.69) is 231 Å². The van der Waals surface area contributed by atoms with Gasteiger partial charge in [0.05, 0.1) is 0 Å². The highest BCUT2D eigenvalue weighted by molar-refractivity contribution is 6.27. The topological polar surface area (TPSA) is 0 Å². The number of rotatable bonds is 5. The molecular formula is C62H44. The zero-order valence-electron chi connectivity index (χ0n) is 34.9. The maximum Gasteiger partial charge on any atom is -0.00928 e. The van der Waals surface area contributed by atoms with Crippen molar-refractivity contribution in [2.75, 3.05) is 0 Å². The van der Waals surface area contributed by atoms with Gasteiger partial charge in [-0.05, 0) is 157 Å². The zero-order valence-corrected chi connectivity index (χ0v) is 34.9. The average Bonchev–Trinajstić information content (AvgIpc) is 3.37. The molecule has 12 aromatic rings. The Morgan fingerprint density at radius 3 is 0.548 bits per heavy atom. The Bertz CT molecular complexity index is 3350. The van der Waals surface area contributed by atoms with Crippen molar-refractivity contribution in [3.05, 3.63) is 231 Å². The fourth-order valence-corrected chi connectivity index (χ4v) is 9.69. The van der Waals surface area contributed by atoms with E-state index in [1.807, 2.05) is 13.8 Å². The Morgan fingerprint density at radius 1 is 0.145 bits per heavy atom. The van der Waals surface area contributed by atoms with E-state index in [1.165, 1.54) is 120 Å². The van der Waals surface area contributed by atoms with E-state index in [0.717, 1.165) is 0 Å². The first-order valence-corrected chi connectivity index (χ1v) is 21.8. The van der Waals surface area contributed by atoms with Gasteiger partial charge in [-0.1, -0.05) is 208 Å².